The van der Waals surface area contributed by atoms with Crippen molar-refractivity contribution < 1.29 is 9.59 Å². The Kier molecular flexibility index (Phi) is 5.29. The maximum absolute atomic E-state index is 11.2. The Bertz CT molecular complexity index is 417. The van der Waals surface area contributed by atoms with Crippen LogP contribution in [0.5, 0.6) is 0 Å². The van der Waals surface area contributed by atoms with E-state index in [4.69, 9.17) is 5.84 Å². The van der Waals surface area contributed by atoms with Crippen molar-refractivity contribution in [3.63, 3.8) is 0 Å². The van der Waals surface area contributed by atoms with E-state index in [1.807, 2.05) is 24.1 Å². The molecule has 0 heterocycles. The van der Waals surface area contributed by atoms with Crippen molar-refractivity contribution in [3.05, 3.63) is 35.4 Å². The third kappa shape index (κ3) is 4.15. The summed E-state index contributed by atoms with van der Waals surface area (Å²) >= 11 is 0. The van der Waals surface area contributed by atoms with E-state index in [9.17, 15) is 9.59 Å². The topological polar surface area (TPSA) is 87.5 Å². The number of nitrogen functional groups attached to an aromatic ring is 1. The molecular formula is C12H18N4O2. The lowest BCUT2D eigenvalue weighted by atomic mass is 10.1. The number of amides is 2. The number of benzene rings is 1. The fourth-order valence-electron chi connectivity index (χ4n) is 1.54. The van der Waals surface area contributed by atoms with E-state index in [1.54, 1.807) is 19.2 Å². The van der Waals surface area contributed by atoms with Gasteiger partial charge >= 0.3 is 0 Å². The Labute approximate surface area is 106 Å². The minimum Gasteiger partial charge on any atom is -0.358 e. The van der Waals surface area contributed by atoms with E-state index in [-0.39, 0.29) is 11.8 Å². The largest absolute Gasteiger partial charge is 0.358 e. The van der Waals surface area contributed by atoms with E-state index in [2.05, 4.69) is 10.7 Å². The molecule has 18 heavy (non-hydrogen) atoms. The molecule has 0 saturated heterocycles. The first kappa shape index (κ1) is 14.1. The smallest absolute Gasteiger partial charge is 0.265 e. The van der Waals surface area contributed by atoms with E-state index in [0.717, 1.165) is 5.56 Å². The van der Waals surface area contributed by atoms with Gasteiger partial charge in [-0.3, -0.25) is 19.9 Å². The average molecular weight is 250 g/mol. The summed E-state index contributed by atoms with van der Waals surface area (Å²) in [6.07, 6.45) is 0. The second-order valence-corrected chi connectivity index (χ2v) is 4.02. The van der Waals surface area contributed by atoms with Crippen LogP contribution in [-0.2, 0) is 11.3 Å². The Hall–Kier alpha value is -1.92. The van der Waals surface area contributed by atoms with Crippen molar-refractivity contribution in [2.24, 2.45) is 5.84 Å². The van der Waals surface area contributed by atoms with Crippen molar-refractivity contribution >= 4 is 11.8 Å². The Morgan fingerprint density at radius 3 is 2.39 bits per heavy atom. The van der Waals surface area contributed by atoms with Gasteiger partial charge in [0.15, 0.2) is 0 Å². The van der Waals surface area contributed by atoms with Crippen LogP contribution in [0.2, 0.25) is 0 Å². The van der Waals surface area contributed by atoms with Crippen molar-refractivity contribution in [3.8, 4) is 0 Å². The van der Waals surface area contributed by atoms with Gasteiger partial charge in [0.1, 0.15) is 0 Å². The van der Waals surface area contributed by atoms with Crippen LogP contribution in [0.3, 0.4) is 0 Å². The molecule has 0 fully saturated rings. The van der Waals surface area contributed by atoms with Gasteiger partial charge in [-0.25, -0.2) is 5.84 Å². The van der Waals surface area contributed by atoms with Crippen LogP contribution < -0.4 is 16.6 Å². The van der Waals surface area contributed by atoms with E-state index >= 15 is 0 Å². The molecule has 0 aliphatic carbocycles. The van der Waals surface area contributed by atoms with Gasteiger partial charge in [0.25, 0.3) is 5.91 Å². The van der Waals surface area contributed by atoms with Crippen LogP contribution in [0.1, 0.15) is 15.9 Å². The number of nitrogens with two attached hydrogens (primary N) is 1. The quantitative estimate of drug-likeness (QED) is 0.372. The number of hydrogen-bond donors (Lipinski definition) is 3. The van der Waals surface area contributed by atoms with Crippen molar-refractivity contribution in [1.82, 2.24) is 15.6 Å². The lowest BCUT2D eigenvalue weighted by molar-refractivity contribution is -0.121. The number of nitrogens with zero attached hydrogens (tertiary/aromatic N) is 1. The second kappa shape index (κ2) is 6.73. The number of rotatable bonds is 5. The van der Waals surface area contributed by atoms with Gasteiger partial charge in [0.05, 0.1) is 6.54 Å². The number of hydrazine groups is 1. The highest BCUT2D eigenvalue weighted by Crippen LogP contribution is 2.06. The fourth-order valence-corrected chi connectivity index (χ4v) is 1.54. The SMILES string of the molecule is CNC(=O)CN(C)Cc1ccc(C(=O)NN)cc1. The molecule has 4 N–H and O–H groups in total. The van der Waals surface area contributed by atoms with Crippen LogP contribution in [0, 0.1) is 0 Å². The third-order valence-electron chi connectivity index (χ3n) is 2.49. The monoisotopic (exact) mass is 250 g/mol. The number of carbonyl (C=O) groups is 2. The summed E-state index contributed by atoms with van der Waals surface area (Å²) in [5.41, 5.74) is 3.61. The molecule has 1 aromatic rings. The Morgan fingerprint density at radius 1 is 1.28 bits per heavy atom. The molecule has 6 nitrogen and oxygen atoms in total. The van der Waals surface area contributed by atoms with Gasteiger partial charge in [-0.05, 0) is 24.7 Å². The Morgan fingerprint density at radius 2 is 1.89 bits per heavy atom. The summed E-state index contributed by atoms with van der Waals surface area (Å²) in [6, 6.07) is 7.08. The third-order valence-corrected chi connectivity index (χ3v) is 2.49. The first-order valence-corrected chi connectivity index (χ1v) is 5.56. The molecule has 1 aromatic carbocycles. The van der Waals surface area contributed by atoms with Gasteiger partial charge in [0, 0.05) is 19.2 Å². The van der Waals surface area contributed by atoms with Gasteiger partial charge in [-0.1, -0.05) is 12.1 Å². The molecule has 0 bridgehead atoms. The zero-order valence-electron chi connectivity index (χ0n) is 10.6. The van der Waals surface area contributed by atoms with Crippen LogP contribution in [0.25, 0.3) is 0 Å². The summed E-state index contributed by atoms with van der Waals surface area (Å²) in [7, 11) is 3.46. The van der Waals surface area contributed by atoms with Gasteiger partial charge in [-0.15, -0.1) is 0 Å². The molecule has 6 heteroatoms. The van der Waals surface area contributed by atoms with Crippen molar-refractivity contribution in [1.29, 1.82) is 0 Å². The average Bonchev–Trinajstić information content (AvgIpc) is 2.38. The standard InChI is InChI=1S/C12H18N4O2/c1-14-11(17)8-16(2)7-9-3-5-10(6-4-9)12(18)15-13/h3-6H,7-8,13H2,1-2H3,(H,14,17)(H,15,18). The van der Waals surface area contributed by atoms with Gasteiger partial charge in [0.2, 0.25) is 5.91 Å². The molecule has 0 atom stereocenters. The predicted molar refractivity (Wildman–Crippen MR) is 68.5 cm³/mol. The van der Waals surface area contributed by atoms with Crippen molar-refractivity contribution in [2.45, 2.75) is 6.54 Å². The summed E-state index contributed by atoms with van der Waals surface area (Å²) in [5, 5.41) is 2.57. The number of nitrogens with one attached hydrogen (secondary N) is 2. The Balaban J connectivity index is 2.58. The molecule has 0 saturated carbocycles. The van der Waals surface area contributed by atoms with Crippen LogP contribution in [0.15, 0.2) is 24.3 Å². The minimum atomic E-state index is -0.319. The summed E-state index contributed by atoms with van der Waals surface area (Å²) < 4.78 is 0. The summed E-state index contributed by atoms with van der Waals surface area (Å²) in [5.74, 6) is 4.69. The summed E-state index contributed by atoms with van der Waals surface area (Å²) in [6.45, 7) is 0.972. The van der Waals surface area contributed by atoms with Crippen LogP contribution in [0.4, 0.5) is 0 Å². The van der Waals surface area contributed by atoms with E-state index in [1.165, 1.54) is 0 Å². The van der Waals surface area contributed by atoms with Gasteiger partial charge in [-0.2, -0.15) is 0 Å². The van der Waals surface area contributed by atoms with Gasteiger partial charge < -0.3 is 5.32 Å². The molecule has 2 amide bonds. The highest BCUT2D eigenvalue weighted by atomic mass is 16.2. The molecule has 0 spiro atoms. The zero-order chi connectivity index (χ0) is 13.5. The van der Waals surface area contributed by atoms with E-state index < -0.39 is 0 Å². The molecule has 0 aromatic heterocycles. The number of likely N-dealkylation sites (N-methyl/N-ethyl adjacent to an activating group) is 2. The zero-order valence-corrected chi connectivity index (χ0v) is 10.6. The minimum absolute atomic E-state index is 0.0309. The highest BCUT2D eigenvalue weighted by Gasteiger charge is 2.06. The fraction of sp³-hybridized carbons (Fsp3) is 0.333. The molecule has 0 unspecified atom stereocenters. The van der Waals surface area contributed by atoms with Crippen LogP contribution in [-0.4, -0.2) is 37.4 Å². The number of carbonyl (C=O) groups excluding carboxylic acids is 2. The van der Waals surface area contributed by atoms with E-state index in [0.29, 0.717) is 18.7 Å². The molecule has 0 aliphatic heterocycles. The van der Waals surface area contributed by atoms with Crippen molar-refractivity contribution in [2.75, 3.05) is 20.6 Å². The van der Waals surface area contributed by atoms with Crippen LogP contribution >= 0.6 is 0 Å². The predicted octanol–water partition coefficient (Wildman–Crippen LogP) is -0.532. The molecular weight excluding hydrogens is 232 g/mol. The molecule has 0 aliphatic rings. The summed E-state index contributed by atoms with van der Waals surface area (Å²) in [4.78, 5) is 24.3. The maximum atomic E-state index is 11.2. The second-order valence-electron chi connectivity index (χ2n) is 4.02. The molecule has 0 radical (unpaired) electrons. The lowest BCUT2D eigenvalue weighted by Crippen LogP contribution is -2.32. The first-order valence-electron chi connectivity index (χ1n) is 5.56. The maximum Gasteiger partial charge on any atom is 0.265 e. The molecule has 98 valence electrons. The number of hydrogen-bond acceptors (Lipinski definition) is 4. The highest BCUT2D eigenvalue weighted by molar-refractivity contribution is 5.93. The first-order chi connectivity index (χ1) is 8.56. The normalized spacial score (nSPS) is 10.2. The molecule has 1 rings (SSSR count). The lowest BCUT2D eigenvalue weighted by Gasteiger charge is -2.15.